The number of halogens is 1. The van der Waals surface area contributed by atoms with Gasteiger partial charge >= 0.3 is 0 Å². The molecule has 0 fully saturated rings. The molecule has 13 heavy (non-hydrogen) atoms. The molecular formula is C7H8BrNO3S. The predicted octanol–water partition coefficient (Wildman–Crippen LogP) is 0.931. The van der Waals surface area contributed by atoms with Crippen LogP contribution < -0.4 is 5.56 Å². The van der Waals surface area contributed by atoms with Crippen LogP contribution in [0.2, 0.25) is 0 Å². The first-order chi connectivity index (χ1) is 5.97. The molecule has 1 heterocycles. The fourth-order valence-electron chi connectivity index (χ4n) is 0.825. The Bertz CT molecular complexity index is 463. The van der Waals surface area contributed by atoms with Gasteiger partial charge in [0, 0.05) is 10.7 Å². The van der Waals surface area contributed by atoms with Crippen LogP contribution in [0.5, 0.6) is 0 Å². The molecule has 0 amide bonds. The van der Waals surface area contributed by atoms with E-state index in [1.807, 2.05) is 0 Å². The van der Waals surface area contributed by atoms with Gasteiger partial charge in [0.15, 0.2) is 9.84 Å². The molecule has 1 rings (SSSR count). The van der Waals surface area contributed by atoms with Gasteiger partial charge in [-0.25, -0.2) is 8.42 Å². The van der Waals surface area contributed by atoms with Crippen LogP contribution in [0.4, 0.5) is 0 Å². The topological polar surface area (TPSA) is 67.0 Å². The molecule has 0 saturated heterocycles. The van der Waals surface area contributed by atoms with Gasteiger partial charge in [0.25, 0.3) is 5.56 Å². The highest BCUT2D eigenvalue weighted by molar-refractivity contribution is 9.10. The quantitative estimate of drug-likeness (QED) is 0.865. The van der Waals surface area contributed by atoms with Crippen LogP contribution in [0.3, 0.4) is 0 Å². The predicted molar refractivity (Wildman–Crippen MR) is 52.5 cm³/mol. The van der Waals surface area contributed by atoms with Gasteiger partial charge in [-0.2, -0.15) is 0 Å². The van der Waals surface area contributed by atoms with E-state index in [1.54, 1.807) is 0 Å². The summed E-state index contributed by atoms with van der Waals surface area (Å²) in [5, 5.41) is 0. The number of H-pyrrole nitrogens is 1. The lowest BCUT2D eigenvalue weighted by molar-refractivity contribution is 0.596. The number of hydrogen-bond donors (Lipinski definition) is 1. The van der Waals surface area contributed by atoms with Gasteiger partial charge in [0.1, 0.15) is 4.90 Å². The number of pyridine rings is 1. The molecule has 0 aliphatic heterocycles. The summed E-state index contributed by atoms with van der Waals surface area (Å²) >= 11 is 3.08. The van der Waals surface area contributed by atoms with Crippen molar-refractivity contribution in [2.75, 3.05) is 5.75 Å². The molecule has 1 aromatic rings. The molecule has 0 unspecified atom stereocenters. The number of nitrogens with one attached hydrogen (secondary N) is 1. The van der Waals surface area contributed by atoms with E-state index in [9.17, 15) is 13.2 Å². The van der Waals surface area contributed by atoms with Crippen LogP contribution >= 0.6 is 15.9 Å². The number of aromatic amines is 1. The normalized spacial score (nSPS) is 11.5. The van der Waals surface area contributed by atoms with Crippen LogP contribution in [0.15, 0.2) is 26.4 Å². The second kappa shape index (κ2) is 3.63. The Hall–Kier alpha value is -0.620. The molecule has 0 spiro atoms. The third-order valence-corrected chi connectivity index (χ3v) is 3.74. The largest absolute Gasteiger partial charge is 0.327 e. The van der Waals surface area contributed by atoms with E-state index in [1.165, 1.54) is 19.2 Å². The summed E-state index contributed by atoms with van der Waals surface area (Å²) < 4.78 is 23.2. The lowest BCUT2D eigenvalue weighted by Gasteiger charge is -1.99. The molecule has 4 nitrogen and oxygen atoms in total. The van der Waals surface area contributed by atoms with Crippen molar-refractivity contribution < 1.29 is 8.42 Å². The molecule has 0 aromatic carbocycles. The molecule has 72 valence electrons. The second-order valence-corrected chi connectivity index (χ2v) is 5.58. The fraction of sp³-hybridized carbons (Fsp3) is 0.286. The summed E-state index contributed by atoms with van der Waals surface area (Å²) in [4.78, 5) is 13.3. The minimum Gasteiger partial charge on any atom is -0.327 e. The highest BCUT2D eigenvalue weighted by Crippen LogP contribution is 2.11. The molecular weight excluding hydrogens is 258 g/mol. The Morgan fingerprint density at radius 2 is 2.15 bits per heavy atom. The van der Waals surface area contributed by atoms with Gasteiger partial charge in [-0.15, -0.1) is 0 Å². The van der Waals surface area contributed by atoms with Crippen molar-refractivity contribution >= 4 is 25.8 Å². The maximum absolute atomic E-state index is 11.3. The summed E-state index contributed by atoms with van der Waals surface area (Å²) in [6, 6.07) is 1.30. The van der Waals surface area contributed by atoms with Crippen LogP contribution in [-0.2, 0) is 9.84 Å². The number of aromatic nitrogens is 1. The zero-order chi connectivity index (χ0) is 10.1. The number of hydrogen-bond acceptors (Lipinski definition) is 3. The fourth-order valence-corrected chi connectivity index (χ4v) is 2.28. The first-order valence-electron chi connectivity index (χ1n) is 3.58. The summed E-state index contributed by atoms with van der Waals surface area (Å²) in [5.74, 6) is -0.0769. The molecule has 6 heteroatoms. The third kappa shape index (κ3) is 2.19. The molecule has 0 bridgehead atoms. The van der Waals surface area contributed by atoms with Crippen molar-refractivity contribution in [3.8, 4) is 0 Å². The molecule has 0 aliphatic carbocycles. The Kier molecular flexibility index (Phi) is 2.92. The van der Waals surface area contributed by atoms with E-state index in [0.29, 0.717) is 4.47 Å². The summed E-state index contributed by atoms with van der Waals surface area (Å²) in [6.07, 6.45) is 1.40. The van der Waals surface area contributed by atoms with Gasteiger partial charge in [0.2, 0.25) is 0 Å². The van der Waals surface area contributed by atoms with Crippen molar-refractivity contribution in [1.29, 1.82) is 0 Å². The van der Waals surface area contributed by atoms with E-state index >= 15 is 0 Å². The Morgan fingerprint density at radius 3 is 2.69 bits per heavy atom. The first-order valence-corrected chi connectivity index (χ1v) is 6.03. The van der Waals surface area contributed by atoms with E-state index < -0.39 is 15.4 Å². The van der Waals surface area contributed by atoms with Crippen LogP contribution in [0.1, 0.15) is 6.92 Å². The molecule has 1 N–H and O–H groups in total. The van der Waals surface area contributed by atoms with Crippen LogP contribution in [-0.4, -0.2) is 19.2 Å². The average molecular weight is 266 g/mol. The van der Waals surface area contributed by atoms with Gasteiger partial charge in [-0.1, -0.05) is 6.92 Å². The summed E-state index contributed by atoms with van der Waals surface area (Å²) in [7, 11) is -3.43. The number of rotatable bonds is 2. The monoisotopic (exact) mass is 265 g/mol. The number of sulfone groups is 1. The maximum Gasteiger partial charge on any atom is 0.266 e. The van der Waals surface area contributed by atoms with Crippen molar-refractivity contribution in [3.63, 3.8) is 0 Å². The average Bonchev–Trinajstić information content (AvgIpc) is 2.09. The zero-order valence-corrected chi connectivity index (χ0v) is 9.28. The van der Waals surface area contributed by atoms with Crippen LogP contribution in [0.25, 0.3) is 0 Å². The molecule has 0 radical (unpaired) electrons. The summed E-state index contributed by atoms with van der Waals surface area (Å²) in [5.41, 5.74) is -0.579. The van der Waals surface area contributed by atoms with E-state index in [4.69, 9.17) is 0 Å². The third-order valence-electron chi connectivity index (χ3n) is 1.55. The van der Waals surface area contributed by atoms with Gasteiger partial charge < -0.3 is 4.98 Å². The van der Waals surface area contributed by atoms with E-state index in [-0.39, 0.29) is 10.6 Å². The lowest BCUT2D eigenvalue weighted by Crippen LogP contribution is -2.18. The highest BCUT2D eigenvalue weighted by Gasteiger charge is 2.15. The van der Waals surface area contributed by atoms with Crippen molar-refractivity contribution in [2.45, 2.75) is 11.8 Å². The van der Waals surface area contributed by atoms with E-state index in [2.05, 4.69) is 20.9 Å². The smallest absolute Gasteiger partial charge is 0.266 e. The van der Waals surface area contributed by atoms with Gasteiger partial charge in [-0.3, -0.25) is 4.79 Å². The van der Waals surface area contributed by atoms with Crippen molar-refractivity contribution in [2.24, 2.45) is 0 Å². The minimum atomic E-state index is -3.43. The minimum absolute atomic E-state index is 0.0769. The molecule has 0 atom stereocenters. The Morgan fingerprint density at radius 1 is 1.54 bits per heavy atom. The molecule has 0 saturated carbocycles. The molecule has 0 aliphatic rings. The second-order valence-electron chi connectivity index (χ2n) is 2.41. The standard InChI is InChI=1S/C7H8BrNO3S/c1-2-13(11,12)6-3-5(8)4-9-7(6)10/h3-4H,2H2,1H3,(H,9,10). The molecule has 1 aromatic heterocycles. The van der Waals surface area contributed by atoms with Crippen molar-refractivity contribution in [3.05, 3.63) is 27.1 Å². The lowest BCUT2D eigenvalue weighted by atomic mass is 10.5. The summed E-state index contributed by atoms with van der Waals surface area (Å²) in [6.45, 7) is 1.50. The van der Waals surface area contributed by atoms with E-state index in [0.717, 1.165) is 0 Å². The maximum atomic E-state index is 11.3. The van der Waals surface area contributed by atoms with Gasteiger partial charge in [-0.05, 0) is 22.0 Å². The SMILES string of the molecule is CCS(=O)(=O)c1cc(Br)c[nH]c1=O. The Balaban J connectivity index is 3.47. The van der Waals surface area contributed by atoms with Crippen molar-refractivity contribution in [1.82, 2.24) is 4.98 Å². The highest BCUT2D eigenvalue weighted by atomic mass is 79.9. The Labute approximate surface area is 84.0 Å². The van der Waals surface area contributed by atoms with Gasteiger partial charge in [0.05, 0.1) is 5.75 Å². The van der Waals surface area contributed by atoms with Crippen LogP contribution in [0, 0.1) is 0 Å². The zero-order valence-electron chi connectivity index (χ0n) is 6.87. The first kappa shape index (κ1) is 10.5.